The summed E-state index contributed by atoms with van der Waals surface area (Å²) >= 11 is 0. The Morgan fingerprint density at radius 2 is 2.05 bits per heavy atom. The number of hydrogen-bond donors (Lipinski definition) is 1. The Bertz CT molecular complexity index is 686. The molecule has 2 rings (SSSR count). The van der Waals surface area contributed by atoms with E-state index in [1.165, 1.54) is 23.9 Å². The molecule has 2 aromatic rings. The summed E-state index contributed by atoms with van der Waals surface area (Å²) in [6.07, 6.45) is 0.802. The molecule has 0 aliphatic heterocycles. The quantitative estimate of drug-likeness (QED) is 0.832. The molecule has 0 saturated heterocycles. The predicted molar refractivity (Wildman–Crippen MR) is 81.6 cm³/mol. The average Bonchev–Trinajstić information content (AvgIpc) is 2.51. The summed E-state index contributed by atoms with van der Waals surface area (Å²) in [5.41, 5.74) is -0.172. The Kier molecular flexibility index (Phi) is 5.29. The summed E-state index contributed by atoms with van der Waals surface area (Å²) in [6, 6.07) is 4.67. The molecule has 22 heavy (non-hydrogen) atoms. The lowest BCUT2D eigenvalue weighted by Crippen LogP contribution is -2.21. The second-order valence-electron chi connectivity index (χ2n) is 4.44. The number of aromatic nitrogens is 4. The molecule has 0 atom stereocenters. The van der Waals surface area contributed by atoms with Crippen molar-refractivity contribution >= 4 is 5.82 Å². The zero-order valence-electron chi connectivity index (χ0n) is 12.9. The van der Waals surface area contributed by atoms with Gasteiger partial charge in [-0.2, -0.15) is 9.97 Å². The van der Waals surface area contributed by atoms with Crippen molar-refractivity contribution in [1.29, 1.82) is 0 Å². The largest absolute Gasteiger partial charge is 0.481 e. The number of nitrogens with one attached hydrogen (secondary N) is 1. The third-order valence-electron chi connectivity index (χ3n) is 2.72. The first kappa shape index (κ1) is 15.7. The summed E-state index contributed by atoms with van der Waals surface area (Å²) in [6.45, 7) is 5.16. The van der Waals surface area contributed by atoms with Crippen LogP contribution in [0.4, 0.5) is 5.82 Å². The Balaban J connectivity index is 2.27. The molecule has 0 unspecified atom stereocenters. The van der Waals surface area contributed by atoms with Gasteiger partial charge in [0.2, 0.25) is 11.8 Å². The van der Waals surface area contributed by atoms with E-state index in [9.17, 15) is 4.79 Å². The van der Waals surface area contributed by atoms with Gasteiger partial charge in [-0.1, -0.05) is 6.92 Å². The fourth-order valence-corrected chi connectivity index (χ4v) is 1.78. The number of hydrogen-bond acceptors (Lipinski definition) is 7. The normalized spacial score (nSPS) is 10.3. The highest BCUT2D eigenvalue weighted by Crippen LogP contribution is 2.20. The molecule has 1 N–H and O–H groups in total. The van der Waals surface area contributed by atoms with Gasteiger partial charge in [0.25, 0.3) is 5.56 Å². The molecule has 0 amide bonds. The molecule has 118 valence electrons. The molecule has 0 aliphatic carbocycles. The van der Waals surface area contributed by atoms with Crippen LogP contribution in [0.5, 0.6) is 17.8 Å². The van der Waals surface area contributed by atoms with Gasteiger partial charge in [-0.3, -0.25) is 4.79 Å². The third kappa shape index (κ3) is 3.94. The van der Waals surface area contributed by atoms with E-state index in [-0.39, 0.29) is 17.4 Å². The summed E-state index contributed by atoms with van der Waals surface area (Å²) in [7, 11) is 1.52. The monoisotopic (exact) mass is 305 g/mol. The fraction of sp³-hybridized carbons (Fsp3) is 0.429. The van der Waals surface area contributed by atoms with Crippen LogP contribution in [0.15, 0.2) is 23.0 Å². The number of ether oxygens (including phenoxy) is 2. The van der Waals surface area contributed by atoms with E-state index in [0.29, 0.717) is 24.8 Å². The Morgan fingerprint density at radius 1 is 1.23 bits per heavy atom. The van der Waals surface area contributed by atoms with E-state index < -0.39 is 0 Å². The van der Waals surface area contributed by atoms with Crippen molar-refractivity contribution in [2.75, 3.05) is 19.0 Å². The van der Waals surface area contributed by atoms with Gasteiger partial charge in [-0.15, -0.1) is 5.10 Å². The molecule has 2 heterocycles. The summed E-state index contributed by atoms with van der Waals surface area (Å²) in [4.78, 5) is 20.0. The summed E-state index contributed by atoms with van der Waals surface area (Å²) in [5.74, 6) is 1.22. The van der Waals surface area contributed by atoms with Crippen LogP contribution in [0.2, 0.25) is 0 Å². The van der Waals surface area contributed by atoms with E-state index in [0.717, 1.165) is 6.42 Å². The lowest BCUT2D eigenvalue weighted by molar-refractivity contribution is 0.365. The Hall–Kier alpha value is -2.64. The van der Waals surface area contributed by atoms with E-state index >= 15 is 0 Å². The first-order valence-corrected chi connectivity index (χ1v) is 7.09. The van der Waals surface area contributed by atoms with E-state index in [4.69, 9.17) is 9.47 Å². The lowest BCUT2D eigenvalue weighted by Gasteiger charge is -2.09. The maximum Gasteiger partial charge on any atom is 0.328 e. The maximum absolute atomic E-state index is 11.6. The molecule has 0 saturated carbocycles. The fourth-order valence-electron chi connectivity index (χ4n) is 1.78. The van der Waals surface area contributed by atoms with Crippen molar-refractivity contribution < 1.29 is 9.47 Å². The van der Waals surface area contributed by atoms with Crippen LogP contribution >= 0.6 is 0 Å². The van der Waals surface area contributed by atoms with Crippen molar-refractivity contribution in [1.82, 2.24) is 19.7 Å². The van der Waals surface area contributed by atoms with Gasteiger partial charge in [0.15, 0.2) is 0 Å². The first-order valence-electron chi connectivity index (χ1n) is 7.09. The van der Waals surface area contributed by atoms with Crippen LogP contribution in [-0.4, -0.2) is 33.4 Å². The van der Waals surface area contributed by atoms with Crippen LogP contribution in [0.25, 0.3) is 0 Å². The number of methoxy groups -OCH3 is 1. The van der Waals surface area contributed by atoms with Crippen LogP contribution < -0.4 is 20.3 Å². The van der Waals surface area contributed by atoms with Gasteiger partial charge in [0.1, 0.15) is 5.82 Å². The predicted octanol–water partition coefficient (Wildman–Crippen LogP) is 1.68. The van der Waals surface area contributed by atoms with Gasteiger partial charge in [-0.25, -0.2) is 4.68 Å². The minimum Gasteiger partial charge on any atom is -0.481 e. The third-order valence-corrected chi connectivity index (χ3v) is 2.72. The molecule has 8 heteroatoms. The van der Waals surface area contributed by atoms with Crippen molar-refractivity contribution in [3.05, 3.63) is 28.6 Å². The molecule has 0 radical (unpaired) electrons. The summed E-state index contributed by atoms with van der Waals surface area (Å²) in [5, 5.41) is 7.19. The van der Waals surface area contributed by atoms with Crippen molar-refractivity contribution in [3.63, 3.8) is 0 Å². The minimum atomic E-state index is -0.172. The number of nitrogens with zero attached hydrogens (tertiary/aromatic N) is 4. The van der Waals surface area contributed by atoms with Crippen LogP contribution in [0, 0.1) is 0 Å². The van der Waals surface area contributed by atoms with E-state index in [1.54, 1.807) is 6.07 Å². The zero-order chi connectivity index (χ0) is 15.9. The van der Waals surface area contributed by atoms with Gasteiger partial charge in [0, 0.05) is 31.3 Å². The van der Waals surface area contributed by atoms with Crippen molar-refractivity contribution in [3.8, 4) is 17.8 Å². The van der Waals surface area contributed by atoms with Gasteiger partial charge in [-0.05, 0) is 13.3 Å². The standard InChI is InChI=1S/C14H19N5O3/c1-4-8-19-13(20)7-6-11(18-19)22-14-16-10(15-5-2)9-12(17-14)21-3/h6-7,9H,4-5,8H2,1-3H3,(H,15,16,17). The molecule has 0 aliphatic rings. The first-order chi connectivity index (χ1) is 10.7. The number of anilines is 1. The topological polar surface area (TPSA) is 91.2 Å². The molecular formula is C14H19N5O3. The van der Waals surface area contributed by atoms with Crippen LogP contribution in [0.1, 0.15) is 20.3 Å². The molecule has 0 spiro atoms. The molecule has 2 aromatic heterocycles. The molecule has 0 fully saturated rings. The second kappa shape index (κ2) is 7.39. The van der Waals surface area contributed by atoms with E-state index in [2.05, 4.69) is 20.4 Å². The Morgan fingerprint density at radius 3 is 2.73 bits per heavy atom. The van der Waals surface area contributed by atoms with Crippen molar-refractivity contribution in [2.24, 2.45) is 0 Å². The van der Waals surface area contributed by atoms with Crippen LogP contribution in [0.3, 0.4) is 0 Å². The highest BCUT2D eigenvalue weighted by Gasteiger charge is 2.09. The molecule has 8 nitrogen and oxygen atoms in total. The maximum atomic E-state index is 11.6. The SMILES string of the molecule is CCCn1nc(Oc2nc(NCC)cc(OC)n2)ccc1=O. The van der Waals surface area contributed by atoms with Gasteiger partial charge in [0.05, 0.1) is 7.11 Å². The van der Waals surface area contributed by atoms with Crippen molar-refractivity contribution in [2.45, 2.75) is 26.8 Å². The number of rotatable bonds is 7. The highest BCUT2D eigenvalue weighted by atomic mass is 16.5. The van der Waals surface area contributed by atoms with Gasteiger partial charge < -0.3 is 14.8 Å². The average molecular weight is 305 g/mol. The second-order valence-corrected chi connectivity index (χ2v) is 4.44. The number of aryl methyl sites for hydroxylation is 1. The molecule has 0 bridgehead atoms. The molecular weight excluding hydrogens is 286 g/mol. The minimum absolute atomic E-state index is 0.101. The smallest absolute Gasteiger partial charge is 0.328 e. The van der Waals surface area contributed by atoms with E-state index in [1.807, 2.05) is 13.8 Å². The van der Waals surface area contributed by atoms with Crippen LogP contribution in [-0.2, 0) is 6.54 Å². The zero-order valence-corrected chi connectivity index (χ0v) is 12.9. The molecule has 0 aromatic carbocycles. The lowest BCUT2D eigenvalue weighted by atomic mass is 10.5. The van der Waals surface area contributed by atoms with Gasteiger partial charge >= 0.3 is 6.01 Å². The highest BCUT2D eigenvalue weighted by molar-refractivity contribution is 5.39. The Labute approximate surface area is 128 Å². The summed E-state index contributed by atoms with van der Waals surface area (Å²) < 4.78 is 12.0.